The molecule has 430 valence electrons. The summed E-state index contributed by atoms with van der Waals surface area (Å²) in [4.78, 5) is 16.2. The molecule has 4 heterocycles. The van der Waals surface area contributed by atoms with Crippen molar-refractivity contribution in [2.24, 2.45) is 0 Å². The van der Waals surface area contributed by atoms with Crippen LogP contribution >= 0.6 is 92.4 Å². The van der Waals surface area contributed by atoms with Gasteiger partial charge in [0.1, 0.15) is 5.15 Å². The van der Waals surface area contributed by atoms with Crippen LogP contribution in [0, 0.1) is 0 Å². The molecule has 81 heavy (non-hydrogen) atoms. The number of hydrogen-bond acceptors (Lipinski definition) is 6. The van der Waals surface area contributed by atoms with Crippen molar-refractivity contribution in [3.05, 3.63) is 257 Å². The summed E-state index contributed by atoms with van der Waals surface area (Å²) in [5, 5.41) is 13.5. The van der Waals surface area contributed by atoms with E-state index in [0.29, 0.717) is 10.4 Å². The topological polar surface area (TPSA) is 51.6 Å². The molecule has 10 aromatic rings. The molecule has 0 fully saturated rings. The molecule has 0 saturated carbocycles. The quantitative estimate of drug-likeness (QED) is 0.0395. The van der Waals surface area contributed by atoms with E-state index in [-0.39, 0.29) is 36.1 Å². The maximum Gasteiger partial charge on any atom is -0.0134 e. The Bertz CT molecular complexity index is 2730. The Balaban J connectivity index is 0.000000267. The van der Waals surface area contributed by atoms with Crippen LogP contribution in [0.5, 0.6) is 0 Å². The number of nitrogens with zero attached hydrogens (tertiary/aromatic N) is 4. The predicted octanol–water partition coefficient (Wildman–Crippen LogP) is 20.0. The van der Waals surface area contributed by atoms with Crippen LogP contribution in [0.1, 0.15) is 74.1 Å². The first kappa shape index (κ1) is 71.9. The monoisotopic (exact) mass is 1450 g/mol. The molecule has 0 aliphatic rings. The SMILES string of the molecule is C.C.CCC[CH2][Sn]([CH2]CCC)([CH2]CCC)[c]1cccs1.Clc1ccnc(Cl)n1.Clc1nccc(-c2cccs2)n1.[Cl][Pd][Cl].c1ccc(P(c2ccccc2)c2ccccc2)cc1.c1ccc(P(c2ccccc2)c2ccccc2)cc1. The Hall–Kier alpha value is -3.35. The molecule has 0 unspecified atom stereocenters. The van der Waals surface area contributed by atoms with Gasteiger partial charge in [0.2, 0.25) is 10.6 Å². The zero-order chi connectivity index (χ0) is 56.2. The molecule has 0 spiro atoms. The zero-order valence-corrected chi connectivity index (χ0v) is 56.3. The minimum absolute atomic E-state index is 0. The summed E-state index contributed by atoms with van der Waals surface area (Å²) >= 11 is 18.0. The summed E-state index contributed by atoms with van der Waals surface area (Å²) in [7, 11) is 8.74. The third kappa shape index (κ3) is 26.2. The van der Waals surface area contributed by atoms with Crippen LogP contribution in [-0.4, -0.2) is 38.3 Å². The van der Waals surface area contributed by atoms with E-state index >= 15 is 0 Å². The molecule has 4 aromatic heterocycles. The van der Waals surface area contributed by atoms with Crippen LogP contribution in [0.15, 0.2) is 242 Å². The van der Waals surface area contributed by atoms with Gasteiger partial charge in [0.15, 0.2) is 0 Å². The normalized spacial score (nSPS) is 10.3. The van der Waals surface area contributed by atoms with Crippen molar-refractivity contribution in [1.29, 1.82) is 0 Å². The van der Waals surface area contributed by atoms with E-state index in [4.69, 9.17) is 53.9 Å². The second kappa shape index (κ2) is 43.3. The van der Waals surface area contributed by atoms with Crippen molar-refractivity contribution in [2.75, 3.05) is 0 Å². The van der Waals surface area contributed by atoms with Crippen molar-refractivity contribution in [3.8, 4) is 10.6 Å². The number of aromatic nitrogens is 4. The van der Waals surface area contributed by atoms with Gasteiger partial charge in [0, 0.05) is 12.4 Å². The van der Waals surface area contributed by atoms with Gasteiger partial charge < -0.3 is 0 Å². The van der Waals surface area contributed by atoms with Gasteiger partial charge in [-0.1, -0.05) is 215 Å². The Kier molecular flexibility index (Phi) is 38.4. The Morgan fingerprint density at radius 1 is 0.407 bits per heavy atom. The molecular weight excluding hydrogens is 1380 g/mol. The first-order chi connectivity index (χ1) is 38.7. The first-order valence-electron chi connectivity index (χ1n) is 26.2. The van der Waals surface area contributed by atoms with Crippen molar-refractivity contribution in [1.82, 2.24) is 19.9 Å². The van der Waals surface area contributed by atoms with Crippen LogP contribution in [0.2, 0.25) is 29.0 Å². The van der Waals surface area contributed by atoms with Gasteiger partial charge >= 0.3 is 158 Å². The van der Waals surface area contributed by atoms with E-state index < -0.39 is 34.2 Å². The number of unbranched alkanes of at least 4 members (excludes halogenated alkanes) is 3. The summed E-state index contributed by atoms with van der Waals surface area (Å²) in [6.45, 7) is 7.06. The smallest absolute Gasteiger partial charge is 0.0134 e. The van der Waals surface area contributed by atoms with Crippen LogP contribution in [0.4, 0.5) is 0 Å². The zero-order valence-electron chi connectivity index (χ0n) is 44.7. The van der Waals surface area contributed by atoms with Gasteiger partial charge in [-0.25, -0.2) is 19.9 Å². The van der Waals surface area contributed by atoms with Crippen LogP contribution in [0.3, 0.4) is 0 Å². The Labute approximate surface area is 531 Å². The molecule has 0 amide bonds. The summed E-state index contributed by atoms with van der Waals surface area (Å²) in [5.41, 5.74) is 0.880. The Morgan fingerprint density at radius 2 is 0.728 bits per heavy atom. The fourth-order valence-electron chi connectivity index (χ4n) is 8.44. The maximum absolute atomic E-state index is 5.64. The molecule has 0 radical (unpaired) electrons. The third-order valence-electron chi connectivity index (χ3n) is 12.1. The van der Waals surface area contributed by atoms with Gasteiger partial charge in [-0.2, -0.15) is 0 Å². The van der Waals surface area contributed by atoms with Crippen molar-refractivity contribution >= 4 is 145 Å². The molecule has 15 heteroatoms. The summed E-state index contributed by atoms with van der Waals surface area (Å²) in [6, 6.07) is 76.8. The number of rotatable bonds is 17. The second-order valence-electron chi connectivity index (χ2n) is 17.6. The summed E-state index contributed by atoms with van der Waals surface area (Å²) < 4.78 is 6.67. The van der Waals surface area contributed by atoms with Crippen LogP contribution in [-0.2, 0) is 15.9 Å². The standard InChI is InChI=1S/2C18H15P.C8H5ClN2S.C4H2Cl2N2.C4H3S.3C4H9.2CH4.2ClH.Pd.Sn/c2*1-4-10-16(11-5-1)19(17-12-6-2-7-13-17)18-14-8-3-9-15-18;9-8-10-4-3-6(11-8)7-2-1-5-12-7;5-3-1-2-7-4(6)8-3;1-2-4-5-3-1;3*1-3-4-2;;;;;;/h2*1-15H;1-5H;1-2H;1-3H;3*1,3-4H2,2H3;2*1H4;2*1H;;/q;;;;;;;;;;;;+2;/p-2. The van der Waals surface area contributed by atoms with Crippen molar-refractivity contribution < 1.29 is 15.9 Å². The Morgan fingerprint density at radius 3 is 0.988 bits per heavy atom. The number of thiophene rings is 2. The molecule has 0 aliphatic carbocycles. The minimum atomic E-state index is -2.01. The van der Waals surface area contributed by atoms with Gasteiger partial charge in [-0.15, -0.1) is 11.3 Å². The number of halogens is 5. The fourth-order valence-corrected chi connectivity index (χ4v) is 34.1. The average molecular weight is 1450 g/mol. The maximum atomic E-state index is 5.64. The second-order valence-corrected chi connectivity index (χ2v) is 41.6. The molecule has 0 N–H and O–H groups in total. The van der Waals surface area contributed by atoms with Gasteiger partial charge in [0.05, 0.1) is 10.6 Å². The van der Waals surface area contributed by atoms with E-state index in [2.05, 4.69) is 252 Å². The van der Waals surface area contributed by atoms with E-state index in [1.165, 1.54) is 76.5 Å². The van der Waals surface area contributed by atoms with E-state index in [1.54, 1.807) is 36.9 Å². The summed E-state index contributed by atoms with van der Waals surface area (Å²) in [5.74, 6) is 0. The first-order valence-corrected chi connectivity index (χ1v) is 43.2. The number of hydrogen-bond donors (Lipinski definition) is 0. The van der Waals surface area contributed by atoms with Crippen LogP contribution in [0.25, 0.3) is 10.6 Å². The van der Waals surface area contributed by atoms with E-state index in [9.17, 15) is 0 Å². The molecule has 0 saturated heterocycles. The summed E-state index contributed by atoms with van der Waals surface area (Å²) in [6.07, 6.45) is 11.7. The minimum Gasteiger partial charge on any atom is -0.0622 e. The van der Waals surface area contributed by atoms with Gasteiger partial charge in [-0.05, 0) is 94.5 Å². The van der Waals surface area contributed by atoms with Crippen molar-refractivity contribution in [3.63, 3.8) is 0 Å². The molecule has 4 nitrogen and oxygen atoms in total. The average Bonchev–Trinajstić information content (AvgIpc) is 4.26. The largest absolute Gasteiger partial charge is 0.0622 e. The molecule has 6 aromatic carbocycles. The molecule has 10 rings (SSSR count). The predicted molar refractivity (Wildman–Crippen MR) is 367 cm³/mol. The molecule has 0 bridgehead atoms. The third-order valence-corrected chi connectivity index (χ3v) is 37.8. The molecule has 0 atom stereocenters. The van der Waals surface area contributed by atoms with E-state index in [1.807, 2.05) is 26.5 Å². The van der Waals surface area contributed by atoms with E-state index in [0.717, 1.165) is 10.6 Å². The molecular formula is C66H75Cl5N4P2PdS2Sn. The van der Waals surface area contributed by atoms with Gasteiger partial charge in [-0.3, -0.25) is 0 Å². The number of benzene rings is 6. The van der Waals surface area contributed by atoms with Gasteiger partial charge in [0.25, 0.3) is 0 Å². The molecule has 0 aliphatic heterocycles. The fraction of sp³-hybridized carbons (Fsp3) is 0.212. The van der Waals surface area contributed by atoms with Crippen molar-refractivity contribution in [2.45, 2.75) is 87.5 Å². The van der Waals surface area contributed by atoms with Crippen LogP contribution < -0.4 is 34.7 Å².